The van der Waals surface area contributed by atoms with Gasteiger partial charge in [-0.05, 0) is 37.5 Å². The summed E-state index contributed by atoms with van der Waals surface area (Å²) in [6, 6.07) is 4.34. The lowest BCUT2D eigenvalue weighted by molar-refractivity contribution is 0.297. The molecule has 3 heteroatoms. The van der Waals surface area contributed by atoms with E-state index >= 15 is 0 Å². The molecule has 16 heavy (non-hydrogen) atoms. The van der Waals surface area contributed by atoms with Gasteiger partial charge in [-0.1, -0.05) is 12.8 Å². The number of ether oxygens (including phenoxy) is 1. The average Bonchev–Trinajstić information content (AvgIpc) is 3.04. The Morgan fingerprint density at radius 2 is 2.25 bits per heavy atom. The topological polar surface area (TPSA) is 35.2 Å². The first-order chi connectivity index (χ1) is 7.66. The van der Waals surface area contributed by atoms with E-state index in [9.17, 15) is 4.39 Å². The Bertz CT molecular complexity index is 361. The molecule has 1 saturated carbocycles. The lowest BCUT2D eigenvalue weighted by Crippen LogP contribution is -2.09. The van der Waals surface area contributed by atoms with E-state index in [1.165, 1.54) is 25.0 Å². The lowest BCUT2D eigenvalue weighted by Gasteiger charge is -2.13. The molecule has 0 aliphatic heterocycles. The fraction of sp³-hybridized carbons (Fsp3) is 0.538. The molecule has 2 nitrogen and oxygen atoms in total. The van der Waals surface area contributed by atoms with Crippen LogP contribution in [0.3, 0.4) is 0 Å². The number of hydrogen-bond acceptors (Lipinski definition) is 2. The molecule has 1 aromatic carbocycles. The minimum Gasteiger partial charge on any atom is -0.493 e. The number of hydrogen-bond donors (Lipinski definition) is 1. The van der Waals surface area contributed by atoms with Crippen molar-refractivity contribution in [3.05, 3.63) is 29.6 Å². The van der Waals surface area contributed by atoms with Crippen LogP contribution in [0.2, 0.25) is 0 Å². The first-order valence-corrected chi connectivity index (χ1v) is 5.84. The van der Waals surface area contributed by atoms with Crippen molar-refractivity contribution in [2.24, 2.45) is 11.7 Å². The second-order valence-electron chi connectivity index (χ2n) is 4.55. The first kappa shape index (κ1) is 11.4. The van der Waals surface area contributed by atoms with Gasteiger partial charge in [-0.25, -0.2) is 4.39 Å². The molecule has 0 aromatic heterocycles. The molecule has 0 bridgehead atoms. The maximum Gasteiger partial charge on any atom is 0.124 e. The maximum atomic E-state index is 13.1. The summed E-state index contributed by atoms with van der Waals surface area (Å²) in [6.07, 6.45) is 3.75. The SMILES string of the molecule is C[C@@H](N)c1cc(F)ccc1OCCC1CC1. The van der Waals surface area contributed by atoms with E-state index < -0.39 is 0 Å². The van der Waals surface area contributed by atoms with Gasteiger partial charge in [0.05, 0.1) is 6.61 Å². The highest BCUT2D eigenvalue weighted by Crippen LogP contribution is 2.33. The molecule has 1 fully saturated rings. The molecule has 2 N–H and O–H groups in total. The van der Waals surface area contributed by atoms with Crippen molar-refractivity contribution in [2.75, 3.05) is 6.61 Å². The van der Waals surface area contributed by atoms with Gasteiger partial charge < -0.3 is 10.5 Å². The fourth-order valence-corrected chi connectivity index (χ4v) is 1.75. The highest BCUT2D eigenvalue weighted by atomic mass is 19.1. The van der Waals surface area contributed by atoms with E-state index in [2.05, 4.69) is 0 Å². The van der Waals surface area contributed by atoms with Crippen LogP contribution >= 0.6 is 0 Å². The van der Waals surface area contributed by atoms with E-state index in [-0.39, 0.29) is 11.9 Å². The molecular formula is C13H18FNO. The van der Waals surface area contributed by atoms with Crippen molar-refractivity contribution in [1.29, 1.82) is 0 Å². The zero-order valence-corrected chi connectivity index (χ0v) is 9.58. The zero-order chi connectivity index (χ0) is 11.5. The number of nitrogens with two attached hydrogens (primary N) is 1. The summed E-state index contributed by atoms with van der Waals surface area (Å²) < 4.78 is 18.7. The summed E-state index contributed by atoms with van der Waals surface area (Å²) in [5.41, 5.74) is 6.53. The first-order valence-electron chi connectivity index (χ1n) is 5.84. The van der Waals surface area contributed by atoms with Gasteiger partial charge in [0.2, 0.25) is 0 Å². The average molecular weight is 223 g/mol. The highest BCUT2D eigenvalue weighted by Gasteiger charge is 2.21. The number of rotatable bonds is 5. The summed E-state index contributed by atoms with van der Waals surface area (Å²) in [5.74, 6) is 1.30. The van der Waals surface area contributed by atoms with Gasteiger partial charge in [-0.2, -0.15) is 0 Å². The van der Waals surface area contributed by atoms with Gasteiger partial charge in [0.1, 0.15) is 11.6 Å². The molecule has 2 rings (SSSR count). The summed E-state index contributed by atoms with van der Waals surface area (Å²) in [5, 5.41) is 0. The van der Waals surface area contributed by atoms with E-state index in [4.69, 9.17) is 10.5 Å². The Labute approximate surface area is 95.6 Å². The smallest absolute Gasteiger partial charge is 0.124 e. The normalized spacial score (nSPS) is 17.2. The Morgan fingerprint density at radius 3 is 2.88 bits per heavy atom. The molecule has 0 unspecified atom stereocenters. The van der Waals surface area contributed by atoms with E-state index in [0.29, 0.717) is 6.61 Å². The van der Waals surface area contributed by atoms with Crippen molar-refractivity contribution >= 4 is 0 Å². The zero-order valence-electron chi connectivity index (χ0n) is 9.58. The van der Waals surface area contributed by atoms with Gasteiger partial charge in [0.25, 0.3) is 0 Å². The summed E-state index contributed by atoms with van der Waals surface area (Å²) in [4.78, 5) is 0. The Balaban J connectivity index is 1.99. The Morgan fingerprint density at radius 1 is 1.50 bits per heavy atom. The van der Waals surface area contributed by atoms with E-state index in [0.717, 1.165) is 23.7 Å². The minimum absolute atomic E-state index is 0.202. The summed E-state index contributed by atoms with van der Waals surface area (Å²) in [7, 11) is 0. The molecule has 1 aliphatic carbocycles. The second kappa shape index (κ2) is 4.83. The third-order valence-electron chi connectivity index (χ3n) is 2.94. The van der Waals surface area contributed by atoms with Crippen LogP contribution in [0.25, 0.3) is 0 Å². The highest BCUT2D eigenvalue weighted by molar-refractivity contribution is 5.36. The monoisotopic (exact) mass is 223 g/mol. The van der Waals surface area contributed by atoms with Crippen LogP contribution in [0, 0.1) is 11.7 Å². The summed E-state index contributed by atoms with van der Waals surface area (Å²) in [6.45, 7) is 2.54. The van der Waals surface area contributed by atoms with Crippen LogP contribution in [0.15, 0.2) is 18.2 Å². The molecule has 0 spiro atoms. The lowest BCUT2D eigenvalue weighted by atomic mass is 10.1. The minimum atomic E-state index is -0.262. The van der Waals surface area contributed by atoms with Crippen molar-refractivity contribution < 1.29 is 9.13 Å². The predicted octanol–water partition coefficient (Wildman–Crippen LogP) is 3.02. The van der Waals surface area contributed by atoms with Crippen LogP contribution in [-0.2, 0) is 0 Å². The second-order valence-corrected chi connectivity index (χ2v) is 4.55. The number of halogens is 1. The van der Waals surface area contributed by atoms with Crippen LogP contribution < -0.4 is 10.5 Å². The van der Waals surface area contributed by atoms with Crippen LogP contribution in [0.5, 0.6) is 5.75 Å². The van der Waals surface area contributed by atoms with Crippen molar-refractivity contribution in [3.63, 3.8) is 0 Å². The molecule has 0 amide bonds. The Hall–Kier alpha value is -1.09. The standard InChI is InChI=1S/C13H18FNO/c1-9(15)12-8-11(14)4-5-13(12)16-7-6-10-2-3-10/h4-5,8-10H,2-3,6-7,15H2,1H3/t9-/m1/s1. The van der Waals surface area contributed by atoms with Gasteiger partial charge in [0.15, 0.2) is 0 Å². The third kappa shape index (κ3) is 2.95. The van der Waals surface area contributed by atoms with Crippen LogP contribution in [0.4, 0.5) is 4.39 Å². The molecule has 1 aliphatic rings. The Kier molecular flexibility index (Phi) is 3.44. The quantitative estimate of drug-likeness (QED) is 0.832. The molecule has 1 aromatic rings. The predicted molar refractivity (Wildman–Crippen MR) is 61.8 cm³/mol. The van der Waals surface area contributed by atoms with Crippen LogP contribution in [-0.4, -0.2) is 6.61 Å². The number of benzene rings is 1. The van der Waals surface area contributed by atoms with Crippen molar-refractivity contribution in [1.82, 2.24) is 0 Å². The van der Waals surface area contributed by atoms with E-state index in [1.54, 1.807) is 6.07 Å². The van der Waals surface area contributed by atoms with Gasteiger partial charge >= 0.3 is 0 Å². The van der Waals surface area contributed by atoms with E-state index in [1.807, 2.05) is 6.92 Å². The molecule has 88 valence electrons. The molecule has 0 heterocycles. The van der Waals surface area contributed by atoms with Crippen molar-refractivity contribution in [3.8, 4) is 5.75 Å². The molecule has 0 radical (unpaired) electrons. The largest absolute Gasteiger partial charge is 0.493 e. The molecular weight excluding hydrogens is 205 g/mol. The van der Waals surface area contributed by atoms with Gasteiger partial charge in [-0.3, -0.25) is 0 Å². The third-order valence-corrected chi connectivity index (χ3v) is 2.94. The van der Waals surface area contributed by atoms with Gasteiger partial charge in [-0.15, -0.1) is 0 Å². The maximum absolute atomic E-state index is 13.1. The van der Waals surface area contributed by atoms with Crippen LogP contribution in [0.1, 0.15) is 37.8 Å². The summed E-state index contributed by atoms with van der Waals surface area (Å²) >= 11 is 0. The molecule has 1 atom stereocenters. The fourth-order valence-electron chi connectivity index (χ4n) is 1.75. The van der Waals surface area contributed by atoms with Crippen molar-refractivity contribution in [2.45, 2.75) is 32.2 Å². The molecule has 0 saturated heterocycles. The van der Waals surface area contributed by atoms with Gasteiger partial charge in [0, 0.05) is 11.6 Å².